The summed E-state index contributed by atoms with van der Waals surface area (Å²) in [5.41, 5.74) is -3.55. The number of alkyl halides is 3. The Labute approximate surface area is 123 Å². The second-order valence-corrected chi connectivity index (χ2v) is 7.92. The molecule has 1 aromatic heterocycles. The van der Waals surface area contributed by atoms with Crippen LogP contribution in [0.15, 0.2) is 21.4 Å². The molecule has 10 heteroatoms. The van der Waals surface area contributed by atoms with Crippen molar-refractivity contribution in [2.24, 2.45) is 5.10 Å². The first kappa shape index (κ1) is 16.2. The molecule has 5 nitrogen and oxygen atoms in total. The largest absolute Gasteiger partial charge is 0.431 e. The zero-order valence-electron chi connectivity index (χ0n) is 11.2. The van der Waals surface area contributed by atoms with E-state index in [0.29, 0.717) is 6.42 Å². The van der Waals surface area contributed by atoms with E-state index in [4.69, 9.17) is 0 Å². The molecule has 0 aliphatic carbocycles. The number of sulfonamides is 1. The summed E-state index contributed by atoms with van der Waals surface area (Å²) >= 11 is 0.945. The molecule has 1 atom stereocenters. The minimum atomic E-state index is -4.78. The molecule has 2 heterocycles. The molecule has 0 bridgehead atoms. The number of aryl methyl sites for hydroxylation is 1. The highest BCUT2D eigenvalue weighted by Gasteiger charge is 2.52. The normalized spacial score (nSPS) is 23.5. The average Bonchev–Trinajstić information content (AvgIpc) is 2.92. The summed E-state index contributed by atoms with van der Waals surface area (Å²) < 4.78 is 62.7. The molecule has 118 valence electrons. The summed E-state index contributed by atoms with van der Waals surface area (Å²) in [5, 5.41) is 13.1. The van der Waals surface area contributed by atoms with Gasteiger partial charge in [0.1, 0.15) is 9.92 Å². The highest BCUT2D eigenvalue weighted by molar-refractivity contribution is 7.91. The lowest BCUT2D eigenvalue weighted by Gasteiger charge is -2.27. The van der Waals surface area contributed by atoms with Crippen molar-refractivity contribution in [2.45, 2.75) is 42.8 Å². The molecule has 2 rings (SSSR count). The van der Waals surface area contributed by atoms with E-state index in [2.05, 4.69) is 5.10 Å². The van der Waals surface area contributed by atoms with Gasteiger partial charge in [-0.2, -0.15) is 31.1 Å². The van der Waals surface area contributed by atoms with Gasteiger partial charge < -0.3 is 5.11 Å². The van der Waals surface area contributed by atoms with Crippen LogP contribution in [-0.4, -0.2) is 35.6 Å². The van der Waals surface area contributed by atoms with E-state index in [-0.39, 0.29) is 8.62 Å². The third-order valence-electron chi connectivity index (χ3n) is 2.92. The minimum absolute atomic E-state index is 0.146. The number of halogens is 3. The quantitative estimate of drug-likeness (QED) is 0.916. The van der Waals surface area contributed by atoms with E-state index in [1.54, 1.807) is 6.07 Å². The number of hydrogen-bond acceptors (Lipinski definition) is 5. The van der Waals surface area contributed by atoms with Crippen LogP contribution in [0.25, 0.3) is 0 Å². The molecule has 0 aromatic carbocycles. The molecule has 0 saturated heterocycles. The number of rotatable bonds is 3. The second-order valence-electron chi connectivity index (χ2n) is 4.76. The molecule has 1 N–H and O–H groups in total. The van der Waals surface area contributed by atoms with Crippen LogP contribution in [0, 0.1) is 0 Å². The van der Waals surface area contributed by atoms with Gasteiger partial charge in [0.25, 0.3) is 10.0 Å². The van der Waals surface area contributed by atoms with Gasteiger partial charge in [0.05, 0.1) is 0 Å². The lowest BCUT2D eigenvalue weighted by Crippen LogP contribution is -2.43. The Kier molecular flexibility index (Phi) is 3.83. The third kappa shape index (κ3) is 2.92. The molecule has 0 spiro atoms. The summed E-state index contributed by atoms with van der Waals surface area (Å²) in [6.45, 7) is 2.81. The molecule has 0 fully saturated rings. The fourth-order valence-corrected chi connectivity index (χ4v) is 4.71. The van der Waals surface area contributed by atoms with Crippen LogP contribution in [-0.2, 0) is 16.4 Å². The van der Waals surface area contributed by atoms with E-state index in [9.17, 15) is 26.7 Å². The lowest BCUT2D eigenvalue weighted by molar-refractivity contribution is -0.0637. The molecular weight excluding hydrogens is 329 g/mol. The Balaban J connectivity index is 2.45. The first-order chi connectivity index (χ1) is 9.48. The van der Waals surface area contributed by atoms with Crippen LogP contribution >= 0.6 is 11.3 Å². The molecular formula is C11H13F3N2O3S2. The van der Waals surface area contributed by atoms with E-state index in [1.165, 1.54) is 6.07 Å². The van der Waals surface area contributed by atoms with Crippen molar-refractivity contribution in [1.29, 1.82) is 0 Å². The Hall–Kier alpha value is -1.13. The first-order valence-electron chi connectivity index (χ1n) is 5.99. The zero-order chi connectivity index (χ0) is 16.1. The fourth-order valence-electron chi connectivity index (χ4n) is 1.88. The van der Waals surface area contributed by atoms with Crippen LogP contribution in [0.4, 0.5) is 13.2 Å². The number of aliphatic hydroxyl groups is 1. The predicted octanol–water partition coefficient (Wildman–Crippen LogP) is 2.33. The predicted molar refractivity (Wildman–Crippen MR) is 71.5 cm³/mol. The van der Waals surface area contributed by atoms with Crippen LogP contribution in [0.2, 0.25) is 0 Å². The van der Waals surface area contributed by atoms with Gasteiger partial charge in [-0.15, -0.1) is 11.3 Å². The minimum Gasteiger partial charge on any atom is -0.368 e. The molecule has 1 aromatic rings. The van der Waals surface area contributed by atoms with Crippen LogP contribution < -0.4 is 0 Å². The topological polar surface area (TPSA) is 70.0 Å². The van der Waals surface area contributed by atoms with E-state index < -0.39 is 34.1 Å². The first-order valence-corrected chi connectivity index (χ1v) is 8.25. The SMILES string of the molecule is CCc1ccc(S(=O)(=O)N2N=C(C(F)(F)F)CC2(C)O)s1. The van der Waals surface area contributed by atoms with E-state index in [1.807, 2.05) is 6.92 Å². The average molecular weight is 342 g/mol. The van der Waals surface area contributed by atoms with Crippen molar-refractivity contribution in [3.8, 4) is 0 Å². The maximum atomic E-state index is 12.7. The highest BCUT2D eigenvalue weighted by Crippen LogP contribution is 2.37. The number of hydrazone groups is 1. The smallest absolute Gasteiger partial charge is 0.368 e. The van der Waals surface area contributed by atoms with E-state index in [0.717, 1.165) is 23.1 Å². The van der Waals surface area contributed by atoms with Crippen molar-refractivity contribution < 1.29 is 26.7 Å². The summed E-state index contributed by atoms with van der Waals surface area (Å²) in [6, 6.07) is 2.88. The summed E-state index contributed by atoms with van der Waals surface area (Å²) in [7, 11) is -4.31. The summed E-state index contributed by atoms with van der Waals surface area (Å²) in [5.74, 6) is 0. The van der Waals surface area contributed by atoms with Crippen molar-refractivity contribution in [3.63, 3.8) is 0 Å². The van der Waals surface area contributed by atoms with Crippen molar-refractivity contribution in [2.75, 3.05) is 0 Å². The molecule has 0 saturated carbocycles. The maximum Gasteiger partial charge on any atom is 0.431 e. The Bertz CT molecular complexity index is 677. The zero-order valence-corrected chi connectivity index (χ0v) is 12.8. The van der Waals surface area contributed by atoms with Crippen LogP contribution in [0.5, 0.6) is 0 Å². The van der Waals surface area contributed by atoms with Gasteiger partial charge in [0, 0.05) is 11.3 Å². The maximum absolute atomic E-state index is 12.7. The van der Waals surface area contributed by atoms with Crippen molar-refractivity contribution >= 4 is 27.1 Å². The molecule has 1 aliphatic heterocycles. The summed E-state index contributed by atoms with van der Waals surface area (Å²) in [4.78, 5) is 0.771. The Morgan fingerprint density at radius 3 is 2.52 bits per heavy atom. The number of nitrogens with zero attached hydrogens (tertiary/aromatic N) is 2. The molecule has 0 amide bonds. The van der Waals surface area contributed by atoms with Crippen LogP contribution in [0.1, 0.15) is 25.1 Å². The van der Waals surface area contributed by atoms with Gasteiger partial charge in [0.2, 0.25) is 0 Å². The van der Waals surface area contributed by atoms with Crippen LogP contribution in [0.3, 0.4) is 0 Å². The standard InChI is InChI=1S/C11H13F3N2O3S2/c1-3-7-4-5-9(20-7)21(18,19)16-10(2,17)6-8(15-16)11(12,13)14/h4-5,17H,3,6H2,1-2H3. The Morgan fingerprint density at radius 2 is 2.10 bits per heavy atom. The highest BCUT2D eigenvalue weighted by atomic mass is 32.2. The molecule has 1 aliphatic rings. The fraction of sp³-hybridized carbons (Fsp3) is 0.545. The third-order valence-corrected chi connectivity index (χ3v) is 6.40. The molecule has 21 heavy (non-hydrogen) atoms. The van der Waals surface area contributed by atoms with Gasteiger partial charge in [-0.05, 0) is 25.5 Å². The van der Waals surface area contributed by atoms with Gasteiger partial charge in [-0.1, -0.05) is 6.92 Å². The number of thiophene rings is 1. The number of hydrogen-bond donors (Lipinski definition) is 1. The van der Waals surface area contributed by atoms with Gasteiger partial charge in [-0.25, -0.2) is 0 Å². The monoisotopic (exact) mass is 342 g/mol. The van der Waals surface area contributed by atoms with Crippen molar-refractivity contribution in [3.05, 3.63) is 17.0 Å². The van der Waals surface area contributed by atoms with E-state index >= 15 is 0 Å². The van der Waals surface area contributed by atoms with Gasteiger partial charge in [-0.3, -0.25) is 0 Å². The summed E-state index contributed by atoms with van der Waals surface area (Å²) in [6.07, 6.45) is -5.08. The second kappa shape index (κ2) is 4.96. The van der Waals surface area contributed by atoms with Gasteiger partial charge >= 0.3 is 6.18 Å². The van der Waals surface area contributed by atoms with Crippen molar-refractivity contribution in [1.82, 2.24) is 4.41 Å². The Morgan fingerprint density at radius 1 is 1.48 bits per heavy atom. The van der Waals surface area contributed by atoms with Gasteiger partial charge in [0.15, 0.2) is 5.72 Å². The molecule has 0 radical (unpaired) electrons. The molecule has 1 unspecified atom stereocenters. The lowest BCUT2D eigenvalue weighted by atomic mass is 10.1.